The highest BCUT2D eigenvalue weighted by Crippen LogP contribution is 2.57. The molecule has 0 saturated heterocycles. The van der Waals surface area contributed by atoms with Crippen molar-refractivity contribution in [3.8, 4) is 0 Å². The van der Waals surface area contributed by atoms with E-state index in [2.05, 4.69) is 0 Å². The Morgan fingerprint density at radius 2 is 0.458 bits per heavy atom. The second-order valence-corrected chi connectivity index (χ2v) is 14.5. The van der Waals surface area contributed by atoms with E-state index in [-0.39, 0.29) is 33.8 Å². The van der Waals surface area contributed by atoms with Gasteiger partial charge in [0.15, 0.2) is 0 Å². The Morgan fingerprint density at radius 3 is 0.639 bits per heavy atom. The summed E-state index contributed by atoms with van der Waals surface area (Å²) >= 11 is 0. The average Bonchev–Trinajstić information content (AvgIpc) is 3.84. The van der Waals surface area contributed by atoms with Crippen molar-refractivity contribution < 1.29 is 133 Å². The molecule has 3 aliphatic heterocycles. The Balaban J connectivity index is 0.000000234. The van der Waals surface area contributed by atoms with Gasteiger partial charge in [-0.25, -0.2) is 0 Å². The molecule has 0 spiro atoms. The van der Waals surface area contributed by atoms with E-state index in [1.165, 1.54) is 54.6 Å². The lowest BCUT2D eigenvalue weighted by Gasteiger charge is -2.32. The summed E-state index contributed by atoms with van der Waals surface area (Å²) in [6, 6.07) is 14.5. The summed E-state index contributed by atoms with van der Waals surface area (Å²) in [6.45, 7) is 0. The first-order chi connectivity index (χ1) is 32.2. The molecule has 0 radical (unpaired) electrons. The van der Waals surface area contributed by atoms with E-state index in [4.69, 9.17) is 0 Å². The molecular formula is C39H18F27N3O3. The van der Waals surface area contributed by atoms with Crippen LogP contribution in [0.5, 0.6) is 0 Å². The Bertz CT molecular complexity index is 2410. The van der Waals surface area contributed by atoms with E-state index < -0.39 is 125 Å². The number of carbonyl (C=O) groups is 3. The number of alkyl halides is 27. The van der Waals surface area contributed by atoms with Gasteiger partial charge in [0.25, 0.3) is 17.7 Å². The summed E-state index contributed by atoms with van der Waals surface area (Å²) in [4.78, 5) is 34.5. The number of amides is 3. The van der Waals surface area contributed by atoms with Crippen LogP contribution in [-0.4, -0.2) is 89.6 Å². The van der Waals surface area contributed by atoms with E-state index in [0.717, 1.165) is 18.2 Å². The molecule has 0 aliphatic carbocycles. The molecule has 0 unspecified atom stereocenters. The lowest BCUT2D eigenvalue weighted by molar-refractivity contribution is -0.388. The van der Waals surface area contributed by atoms with E-state index in [1.807, 2.05) is 16.0 Å². The molecule has 0 fully saturated rings. The summed E-state index contributed by atoms with van der Waals surface area (Å²) in [6.07, 6.45) is -23.4. The molecule has 72 heavy (non-hydrogen) atoms. The molecule has 0 saturated carbocycles. The standard InChI is InChI=1S/3C13H6F9NO/c3*14-10(15,11(16,17)12(18,19)13(20,21)22)5-7-6-3-1-2-4-8(6)23-9(7)24/h3*1-5H,(H,23,24)/b3*7-5+. The fraction of sp³-hybridized carbons (Fsp3) is 0.308. The van der Waals surface area contributed by atoms with Crippen LogP contribution < -0.4 is 16.0 Å². The van der Waals surface area contributed by atoms with Gasteiger partial charge in [-0.2, -0.15) is 119 Å². The van der Waals surface area contributed by atoms with Crippen LogP contribution in [0.25, 0.3) is 16.7 Å². The second-order valence-electron chi connectivity index (χ2n) is 14.5. The number of hydrogen-bond donors (Lipinski definition) is 3. The highest BCUT2D eigenvalue weighted by atomic mass is 19.4. The maximum atomic E-state index is 13.6. The van der Waals surface area contributed by atoms with E-state index >= 15 is 0 Å². The van der Waals surface area contributed by atoms with Crippen molar-refractivity contribution in [1.82, 2.24) is 0 Å². The minimum absolute atomic E-state index is 0.0737. The number of benzene rings is 3. The van der Waals surface area contributed by atoms with Gasteiger partial charge in [0.1, 0.15) is 0 Å². The maximum Gasteiger partial charge on any atom is 0.460 e. The third-order valence-corrected chi connectivity index (χ3v) is 9.61. The normalized spacial score (nSPS) is 17.9. The minimum Gasteiger partial charge on any atom is -0.321 e. The van der Waals surface area contributed by atoms with Gasteiger partial charge in [-0.1, -0.05) is 54.6 Å². The van der Waals surface area contributed by atoms with Gasteiger partial charge in [0.2, 0.25) is 0 Å². The minimum atomic E-state index is -7.00. The molecule has 396 valence electrons. The molecule has 3 aromatic rings. The predicted octanol–water partition coefficient (Wildman–Crippen LogP) is 13.5. The molecule has 0 aromatic heterocycles. The Labute approximate surface area is 380 Å². The number of allylic oxidation sites excluding steroid dienone is 3. The van der Waals surface area contributed by atoms with Gasteiger partial charge in [-0.05, 0) is 18.2 Å². The number of nitrogens with one attached hydrogen (secondary N) is 3. The third-order valence-electron chi connectivity index (χ3n) is 9.61. The zero-order valence-corrected chi connectivity index (χ0v) is 33.6. The van der Waals surface area contributed by atoms with Gasteiger partial charge >= 0.3 is 71.8 Å². The van der Waals surface area contributed by atoms with Gasteiger partial charge in [0.05, 0.1) is 16.7 Å². The lowest BCUT2D eigenvalue weighted by atomic mass is 9.98. The monoisotopic (exact) mass is 1090 g/mol. The van der Waals surface area contributed by atoms with Gasteiger partial charge < -0.3 is 16.0 Å². The Kier molecular flexibility index (Phi) is 14.6. The summed E-state index contributed by atoms with van der Waals surface area (Å²) in [5.41, 5.74) is -4.59. The van der Waals surface area contributed by atoms with Crippen LogP contribution in [0.4, 0.5) is 136 Å². The molecular weight excluding hydrogens is 1070 g/mol. The van der Waals surface area contributed by atoms with Crippen molar-refractivity contribution in [3.05, 3.63) is 108 Å². The van der Waals surface area contributed by atoms with E-state index in [0.29, 0.717) is 0 Å². The van der Waals surface area contributed by atoms with E-state index in [1.54, 1.807) is 0 Å². The topological polar surface area (TPSA) is 87.3 Å². The van der Waals surface area contributed by atoms with E-state index in [9.17, 15) is 133 Å². The van der Waals surface area contributed by atoms with Crippen molar-refractivity contribution in [2.75, 3.05) is 16.0 Å². The number of fused-ring (bicyclic) bond motifs is 3. The molecule has 6 rings (SSSR count). The molecule has 33 heteroatoms. The van der Waals surface area contributed by atoms with Crippen molar-refractivity contribution in [3.63, 3.8) is 0 Å². The Morgan fingerprint density at radius 1 is 0.278 bits per heavy atom. The first kappa shape index (κ1) is 58.0. The average molecular weight is 1090 g/mol. The molecule has 3 aromatic carbocycles. The Hall–Kier alpha value is -6.60. The second kappa shape index (κ2) is 18.2. The molecule has 3 heterocycles. The predicted molar refractivity (Wildman–Crippen MR) is 192 cm³/mol. The number of carbonyl (C=O) groups excluding carboxylic acids is 3. The number of rotatable bonds is 9. The summed E-state index contributed by atoms with van der Waals surface area (Å²) in [5, 5.41) is 5.99. The van der Waals surface area contributed by atoms with Crippen LogP contribution in [0.2, 0.25) is 0 Å². The summed E-state index contributed by atoms with van der Waals surface area (Å²) in [5.74, 6) is -63.3. The largest absolute Gasteiger partial charge is 0.460 e. The fourth-order valence-corrected chi connectivity index (χ4v) is 5.82. The maximum absolute atomic E-state index is 13.6. The van der Waals surface area contributed by atoms with Crippen LogP contribution in [0.1, 0.15) is 16.7 Å². The number of para-hydroxylation sites is 3. The smallest absolute Gasteiger partial charge is 0.321 e. The summed E-state index contributed by atoms with van der Waals surface area (Å²) < 4.78 is 346. The fourth-order valence-electron chi connectivity index (χ4n) is 5.82. The number of halogens is 27. The van der Waals surface area contributed by atoms with Crippen molar-refractivity contribution in [1.29, 1.82) is 0 Å². The SMILES string of the molecule is O=C1Nc2ccccc2/C1=C\C(F)(F)C(F)(F)C(F)(F)C(F)(F)F.O=C1Nc2ccccc2/C1=C\C(F)(F)C(F)(F)C(F)(F)C(F)(F)F.O=C1Nc2ccccc2/C1=C\C(F)(F)C(F)(F)C(F)(F)C(F)(F)F. The molecule has 3 N–H and O–H groups in total. The molecule has 3 amide bonds. The zero-order chi connectivity index (χ0) is 55.7. The van der Waals surface area contributed by atoms with Crippen molar-refractivity contribution in [2.24, 2.45) is 0 Å². The van der Waals surface area contributed by atoms with Gasteiger partial charge in [0, 0.05) is 52.0 Å². The lowest BCUT2D eigenvalue weighted by Crippen LogP contribution is -2.60. The van der Waals surface area contributed by atoms with Crippen LogP contribution in [0.15, 0.2) is 91.0 Å². The highest BCUT2D eigenvalue weighted by Gasteiger charge is 2.83. The molecule has 6 nitrogen and oxygen atoms in total. The number of anilines is 3. The van der Waals surface area contributed by atoms with Gasteiger partial charge in [-0.3, -0.25) is 14.4 Å². The molecule has 3 aliphatic rings. The summed E-state index contributed by atoms with van der Waals surface area (Å²) in [7, 11) is 0. The first-order valence-corrected chi connectivity index (χ1v) is 18.2. The molecule has 0 atom stereocenters. The number of hydrogen-bond acceptors (Lipinski definition) is 3. The van der Waals surface area contributed by atoms with Crippen molar-refractivity contribution in [2.45, 2.75) is 71.8 Å². The quantitative estimate of drug-likeness (QED) is 0.147. The van der Waals surface area contributed by atoms with Crippen LogP contribution in [0.3, 0.4) is 0 Å². The van der Waals surface area contributed by atoms with Crippen LogP contribution in [-0.2, 0) is 14.4 Å². The third kappa shape index (κ3) is 9.84. The van der Waals surface area contributed by atoms with Crippen LogP contribution >= 0.6 is 0 Å². The highest BCUT2D eigenvalue weighted by molar-refractivity contribution is 6.33. The first-order valence-electron chi connectivity index (χ1n) is 18.2. The van der Waals surface area contributed by atoms with Crippen LogP contribution in [0, 0.1) is 0 Å². The zero-order valence-electron chi connectivity index (χ0n) is 33.6. The molecule has 0 bridgehead atoms. The van der Waals surface area contributed by atoms with Crippen molar-refractivity contribution >= 4 is 51.5 Å². The van der Waals surface area contributed by atoms with Gasteiger partial charge in [-0.15, -0.1) is 0 Å².